The van der Waals surface area contributed by atoms with E-state index in [2.05, 4.69) is 29.8 Å². The van der Waals surface area contributed by atoms with Crippen molar-refractivity contribution in [2.24, 2.45) is 16.3 Å². The predicted octanol–water partition coefficient (Wildman–Crippen LogP) is 2.87. The van der Waals surface area contributed by atoms with Gasteiger partial charge in [0.25, 0.3) is 0 Å². The van der Waals surface area contributed by atoms with Crippen LogP contribution in [0.1, 0.15) is 59.8 Å². The van der Waals surface area contributed by atoms with Gasteiger partial charge in [0, 0.05) is 26.2 Å². The van der Waals surface area contributed by atoms with Crippen LogP contribution in [0.15, 0.2) is 4.99 Å². The second kappa shape index (κ2) is 14.3. The first-order valence-electron chi connectivity index (χ1n) is 10.1. The molecule has 1 amide bonds. The largest absolute Gasteiger partial charge is 0.450 e. The maximum absolute atomic E-state index is 11.7. The molecule has 1 saturated carbocycles. The number of halogens is 1. The Kier molecular flexibility index (Phi) is 13.9. The molecule has 1 aliphatic carbocycles. The van der Waals surface area contributed by atoms with E-state index in [1.807, 2.05) is 6.92 Å². The first-order chi connectivity index (χ1) is 12.5. The number of guanidine groups is 1. The smallest absolute Gasteiger partial charge is 0.407 e. The number of rotatable bonds is 12. The molecule has 0 spiro atoms. The summed E-state index contributed by atoms with van der Waals surface area (Å²) in [4.78, 5) is 16.5. The lowest BCUT2D eigenvalue weighted by atomic mass is 9.79. The summed E-state index contributed by atoms with van der Waals surface area (Å²) in [5.74, 6) is 1.27. The van der Waals surface area contributed by atoms with Crippen LogP contribution in [0.3, 0.4) is 0 Å². The normalized spacial score (nSPS) is 15.5. The van der Waals surface area contributed by atoms with Gasteiger partial charge in [-0.1, -0.05) is 13.8 Å². The molecule has 0 aromatic heterocycles. The SMILES string of the molecule is CCNC(=NCC(CC)(CC)CCO)NCC(NC(=O)OCC)C1CC1.I. The summed E-state index contributed by atoms with van der Waals surface area (Å²) < 4.78 is 5.01. The molecule has 0 aliphatic heterocycles. The number of aliphatic imine (C=N–C) groups is 1. The number of aliphatic hydroxyl groups is 1. The van der Waals surface area contributed by atoms with E-state index in [4.69, 9.17) is 9.73 Å². The molecular formula is C19H39IN4O3. The van der Waals surface area contributed by atoms with E-state index >= 15 is 0 Å². The highest BCUT2D eigenvalue weighted by molar-refractivity contribution is 14.0. The maximum Gasteiger partial charge on any atom is 0.407 e. The fraction of sp³-hybridized carbons (Fsp3) is 0.895. The van der Waals surface area contributed by atoms with Crippen LogP contribution < -0.4 is 16.0 Å². The number of carbonyl (C=O) groups excluding carboxylic acids is 1. The van der Waals surface area contributed by atoms with Gasteiger partial charge >= 0.3 is 6.09 Å². The second-order valence-electron chi connectivity index (χ2n) is 7.07. The van der Waals surface area contributed by atoms with Crippen molar-refractivity contribution in [3.05, 3.63) is 0 Å². The average molecular weight is 498 g/mol. The number of nitrogens with one attached hydrogen (secondary N) is 3. The number of hydrogen-bond donors (Lipinski definition) is 4. The Morgan fingerprint density at radius 2 is 1.89 bits per heavy atom. The molecule has 0 radical (unpaired) electrons. The minimum Gasteiger partial charge on any atom is -0.450 e. The zero-order valence-electron chi connectivity index (χ0n) is 17.3. The Hall–Kier alpha value is -0.770. The highest BCUT2D eigenvalue weighted by Gasteiger charge is 2.32. The quantitative estimate of drug-likeness (QED) is 0.189. The van der Waals surface area contributed by atoms with Gasteiger partial charge in [-0.15, -0.1) is 24.0 Å². The Labute approximate surface area is 181 Å². The summed E-state index contributed by atoms with van der Waals surface area (Å²) >= 11 is 0. The van der Waals surface area contributed by atoms with Gasteiger partial charge in [-0.25, -0.2) is 4.79 Å². The van der Waals surface area contributed by atoms with Crippen molar-refractivity contribution < 1.29 is 14.6 Å². The lowest BCUT2D eigenvalue weighted by molar-refractivity contribution is 0.146. The fourth-order valence-electron chi connectivity index (χ4n) is 3.10. The molecule has 0 saturated heterocycles. The van der Waals surface area contributed by atoms with Gasteiger partial charge in [-0.2, -0.15) is 0 Å². The van der Waals surface area contributed by atoms with Crippen molar-refractivity contribution in [2.45, 2.75) is 65.8 Å². The van der Waals surface area contributed by atoms with Crippen molar-refractivity contribution in [2.75, 3.05) is 32.8 Å². The number of amides is 1. The van der Waals surface area contributed by atoms with Crippen molar-refractivity contribution in [3.8, 4) is 0 Å². The Balaban J connectivity index is 0.00000676. The van der Waals surface area contributed by atoms with Crippen molar-refractivity contribution in [1.29, 1.82) is 0 Å². The minimum absolute atomic E-state index is 0. The minimum atomic E-state index is -0.355. The maximum atomic E-state index is 11.7. The van der Waals surface area contributed by atoms with Crippen LogP contribution in [0.4, 0.5) is 4.79 Å². The van der Waals surface area contributed by atoms with E-state index in [1.54, 1.807) is 6.92 Å². The fourth-order valence-corrected chi connectivity index (χ4v) is 3.10. The molecule has 0 aromatic rings. The van der Waals surface area contributed by atoms with E-state index in [1.165, 1.54) is 0 Å². The van der Waals surface area contributed by atoms with Gasteiger partial charge in [0.1, 0.15) is 0 Å². The van der Waals surface area contributed by atoms with E-state index in [0.717, 1.165) is 44.6 Å². The Bertz CT molecular complexity index is 441. The first-order valence-corrected chi connectivity index (χ1v) is 10.1. The molecular weight excluding hydrogens is 459 g/mol. The number of ether oxygens (including phenoxy) is 1. The zero-order chi connectivity index (χ0) is 19.4. The first kappa shape index (κ1) is 26.2. The summed E-state index contributed by atoms with van der Waals surface area (Å²) in [6.45, 7) is 10.8. The molecule has 0 aromatic carbocycles. The highest BCUT2D eigenvalue weighted by atomic mass is 127. The number of carbonyl (C=O) groups is 1. The van der Waals surface area contributed by atoms with Crippen LogP contribution in [-0.4, -0.2) is 56.0 Å². The molecule has 1 unspecified atom stereocenters. The number of alkyl carbamates (subject to hydrolysis) is 1. The van der Waals surface area contributed by atoms with E-state index in [9.17, 15) is 9.90 Å². The molecule has 1 fully saturated rings. The zero-order valence-corrected chi connectivity index (χ0v) is 19.7. The van der Waals surface area contributed by atoms with Crippen LogP contribution in [0.5, 0.6) is 0 Å². The van der Waals surface area contributed by atoms with E-state index in [-0.39, 0.29) is 48.1 Å². The van der Waals surface area contributed by atoms with Gasteiger partial charge in [0.05, 0.1) is 12.6 Å². The summed E-state index contributed by atoms with van der Waals surface area (Å²) in [6.07, 6.45) is 4.66. The van der Waals surface area contributed by atoms with Gasteiger partial charge in [-0.05, 0) is 57.3 Å². The number of hydrogen-bond acceptors (Lipinski definition) is 4. The van der Waals surface area contributed by atoms with Crippen LogP contribution >= 0.6 is 24.0 Å². The van der Waals surface area contributed by atoms with Gasteiger partial charge in [-0.3, -0.25) is 4.99 Å². The standard InChI is InChI=1S/C19H38N4O3.HI/c1-5-19(6-2,11-12-24)14-22-17(20-7-3)21-13-16(15-9-10-15)23-18(25)26-8-4;/h15-16,24H,5-14H2,1-4H3,(H,23,25)(H2,20,21,22);1H. The van der Waals surface area contributed by atoms with Crippen LogP contribution in [0, 0.1) is 11.3 Å². The molecule has 160 valence electrons. The van der Waals surface area contributed by atoms with Crippen molar-refractivity contribution >= 4 is 36.0 Å². The third-order valence-electron chi connectivity index (χ3n) is 5.32. The van der Waals surface area contributed by atoms with Crippen LogP contribution in [0.25, 0.3) is 0 Å². The summed E-state index contributed by atoms with van der Waals surface area (Å²) in [7, 11) is 0. The van der Waals surface area contributed by atoms with Crippen LogP contribution in [0.2, 0.25) is 0 Å². The molecule has 8 heteroatoms. The van der Waals surface area contributed by atoms with Gasteiger partial charge in [0.15, 0.2) is 5.96 Å². The highest BCUT2D eigenvalue weighted by Crippen LogP contribution is 2.32. The summed E-state index contributed by atoms with van der Waals surface area (Å²) in [6, 6.07) is 0.0532. The topological polar surface area (TPSA) is 95.0 Å². The van der Waals surface area contributed by atoms with Crippen molar-refractivity contribution in [3.63, 3.8) is 0 Å². The Morgan fingerprint density at radius 3 is 2.37 bits per heavy atom. The van der Waals surface area contributed by atoms with Gasteiger partial charge in [0.2, 0.25) is 0 Å². The lowest BCUT2D eigenvalue weighted by Crippen LogP contribution is -2.48. The molecule has 1 atom stereocenters. The monoisotopic (exact) mass is 498 g/mol. The molecule has 0 heterocycles. The second-order valence-corrected chi connectivity index (χ2v) is 7.07. The Morgan fingerprint density at radius 1 is 1.22 bits per heavy atom. The number of aliphatic hydroxyl groups excluding tert-OH is 1. The van der Waals surface area contributed by atoms with E-state index < -0.39 is 0 Å². The average Bonchev–Trinajstić information content (AvgIpc) is 3.47. The van der Waals surface area contributed by atoms with Gasteiger partial charge < -0.3 is 25.8 Å². The molecule has 7 nitrogen and oxygen atoms in total. The van der Waals surface area contributed by atoms with Crippen LogP contribution in [-0.2, 0) is 4.74 Å². The summed E-state index contributed by atoms with van der Waals surface area (Å²) in [5, 5.41) is 19.0. The predicted molar refractivity (Wildman–Crippen MR) is 121 cm³/mol. The summed E-state index contributed by atoms with van der Waals surface area (Å²) in [5.41, 5.74) is 0.0379. The molecule has 1 aliphatic rings. The molecule has 1 rings (SSSR count). The molecule has 4 N–H and O–H groups in total. The molecule has 0 bridgehead atoms. The third-order valence-corrected chi connectivity index (χ3v) is 5.32. The third kappa shape index (κ3) is 9.82. The van der Waals surface area contributed by atoms with E-state index in [0.29, 0.717) is 25.6 Å². The van der Waals surface area contributed by atoms with Crippen molar-refractivity contribution in [1.82, 2.24) is 16.0 Å². The number of nitrogens with zero attached hydrogens (tertiary/aromatic N) is 1. The molecule has 27 heavy (non-hydrogen) atoms. The lowest BCUT2D eigenvalue weighted by Gasteiger charge is -2.29.